The maximum absolute atomic E-state index is 4.63. The summed E-state index contributed by atoms with van der Waals surface area (Å²) in [5, 5.41) is 9.16. The molecule has 5 heteroatoms. The summed E-state index contributed by atoms with van der Waals surface area (Å²) in [5.41, 5.74) is 2.71. The van der Waals surface area contributed by atoms with Crippen LogP contribution in [0.15, 0.2) is 24.3 Å². The van der Waals surface area contributed by atoms with Gasteiger partial charge in [-0.15, -0.1) is 10.2 Å². The van der Waals surface area contributed by atoms with Crippen molar-refractivity contribution in [2.24, 2.45) is 0 Å². The average molecular weight is 339 g/mol. The van der Waals surface area contributed by atoms with Gasteiger partial charge < -0.3 is 9.47 Å². The highest BCUT2D eigenvalue weighted by Crippen LogP contribution is 2.34. The van der Waals surface area contributed by atoms with Crippen molar-refractivity contribution in [2.75, 3.05) is 25.5 Å². The van der Waals surface area contributed by atoms with Gasteiger partial charge in [0.25, 0.3) is 0 Å². The Bertz CT molecular complexity index is 721. The first-order valence-corrected chi connectivity index (χ1v) is 9.65. The number of anilines is 1. The Labute approximate surface area is 150 Å². The molecule has 0 unspecified atom stereocenters. The third kappa shape index (κ3) is 3.30. The Morgan fingerprint density at radius 3 is 2.80 bits per heavy atom. The van der Waals surface area contributed by atoms with E-state index in [0.29, 0.717) is 6.04 Å². The lowest BCUT2D eigenvalue weighted by Crippen LogP contribution is -2.26. The van der Waals surface area contributed by atoms with E-state index in [1.54, 1.807) is 0 Å². The highest BCUT2D eigenvalue weighted by Gasteiger charge is 2.31. The molecule has 0 N–H and O–H groups in total. The van der Waals surface area contributed by atoms with E-state index in [0.717, 1.165) is 26.1 Å². The molecular formula is C20H29N5. The molecule has 0 radical (unpaired) electrons. The van der Waals surface area contributed by atoms with Gasteiger partial charge in [0.2, 0.25) is 0 Å². The van der Waals surface area contributed by atoms with Gasteiger partial charge in [-0.05, 0) is 43.9 Å². The minimum atomic E-state index is 0.412. The second-order valence-corrected chi connectivity index (χ2v) is 7.59. The summed E-state index contributed by atoms with van der Waals surface area (Å²) in [6, 6.07) is 9.16. The maximum atomic E-state index is 4.63. The number of para-hydroxylation sites is 1. The minimum Gasteiger partial charge on any atom is -0.377 e. The standard InChI is InChI=1S/C20H29N5/c1-23(2)17-10-6-5-9-16(17)15-24-13-8-11-18(24)20-22-21-19-12-4-3-7-14-25(19)20/h5-6,9-10,18H,3-4,7-8,11-15H2,1-2H3/t18-/m1/s1. The Morgan fingerprint density at radius 1 is 1.04 bits per heavy atom. The van der Waals surface area contributed by atoms with Crippen molar-refractivity contribution in [3.05, 3.63) is 41.5 Å². The van der Waals surface area contributed by atoms with E-state index < -0.39 is 0 Å². The van der Waals surface area contributed by atoms with Crippen LogP contribution in [0.5, 0.6) is 0 Å². The zero-order valence-corrected chi connectivity index (χ0v) is 15.5. The average Bonchev–Trinajstić information content (AvgIpc) is 3.15. The molecule has 5 nitrogen and oxygen atoms in total. The lowest BCUT2D eigenvalue weighted by Gasteiger charge is -2.26. The van der Waals surface area contributed by atoms with Crippen molar-refractivity contribution in [1.82, 2.24) is 19.7 Å². The summed E-state index contributed by atoms with van der Waals surface area (Å²) >= 11 is 0. The van der Waals surface area contributed by atoms with Gasteiger partial charge in [0, 0.05) is 39.3 Å². The van der Waals surface area contributed by atoms with Crippen LogP contribution in [0.1, 0.15) is 55.4 Å². The number of benzene rings is 1. The molecule has 1 aromatic heterocycles. The maximum Gasteiger partial charge on any atom is 0.150 e. The molecule has 2 aromatic rings. The summed E-state index contributed by atoms with van der Waals surface area (Å²) in [6.45, 7) is 3.23. The van der Waals surface area contributed by atoms with Crippen LogP contribution in [-0.4, -0.2) is 40.3 Å². The van der Waals surface area contributed by atoms with E-state index in [9.17, 15) is 0 Å². The molecule has 2 aliphatic rings. The van der Waals surface area contributed by atoms with E-state index in [4.69, 9.17) is 0 Å². The molecule has 0 bridgehead atoms. The number of hydrogen-bond acceptors (Lipinski definition) is 4. The number of nitrogens with zero attached hydrogens (tertiary/aromatic N) is 5. The van der Waals surface area contributed by atoms with Gasteiger partial charge in [0.05, 0.1) is 6.04 Å². The van der Waals surface area contributed by atoms with Gasteiger partial charge in [0.1, 0.15) is 11.6 Å². The Balaban J connectivity index is 1.59. The van der Waals surface area contributed by atoms with Gasteiger partial charge in [-0.1, -0.05) is 24.6 Å². The minimum absolute atomic E-state index is 0.412. The van der Waals surface area contributed by atoms with E-state index in [-0.39, 0.29) is 0 Å². The molecule has 134 valence electrons. The van der Waals surface area contributed by atoms with E-state index in [1.165, 1.54) is 55.0 Å². The van der Waals surface area contributed by atoms with Gasteiger partial charge in [0.15, 0.2) is 0 Å². The summed E-state index contributed by atoms with van der Waals surface area (Å²) in [7, 11) is 4.25. The molecule has 1 aromatic carbocycles. The van der Waals surface area contributed by atoms with Gasteiger partial charge in [-0.25, -0.2) is 0 Å². The molecule has 0 spiro atoms. The molecular weight excluding hydrogens is 310 g/mol. The van der Waals surface area contributed by atoms with Crippen LogP contribution in [0.25, 0.3) is 0 Å². The van der Waals surface area contributed by atoms with E-state index in [1.807, 2.05) is 0 Å². The second-order valence-electron chi connectivity index (χ2n) is 7.59. The summed E-state index contributed by atoms with van der Waals surface area (Å²) in [4.78, 5) is 4.81. The first kappa shape index (κ1) is 16.6. The van der Waals surface area contributed by atoms with Crippen molar-refractivity contribution in [1.29, 1.82) is 0 Å². The molecule has 0 saturated carbocycles. The lowest BCUT2D eigenvalue weighted by molar-refractivity contribution is 0.234. The van der Waals surface area contributed by atoms with Crippen LogP contribution < -0.4 is 4.90 Å². The monoisotopic (exact) mass is 339 g/mol. The van der Waals surface area contributed by atoms with Crippen LogP contribution in [-0.2, 0) is 19.5 Å². The Hall–Kier alpha value is -1.88. The van der Waals surface area contributed by atoms with Crippen molar-refractivity contribution in [2.45, 2.75) is 57.7 Å². The molecule has 0 amide bonds. The van der Waals surface area contributed by atoms with Crippen molar-refractivity contribution >= 4 is 5.69 Å². The number of aryl methyl sites for hydroxylation is 1. The van der Waals surface area contributed by atoms with Crippen molar-refractivity contribution in [3.63, 3.8) is 0 Å². The van der Waals surface area contributed by atoms with Crippen LogP contribution >= 0.6 is 0 Å². The molecule has 4 rings (SSSR count). The number of rotatable bonds is 4. The van der Waals surface area contributed by atoms with Crippen molar-refractivity contribution < 1.29 is 0 Å². The zero-order chi connectivity index (χ0) is 17.2. The predicted octanol–water partition coefficient (Wildman–Crippen LogP) is 3.41. The molecule has 1 atom stereocenters. The summed E-state index contributed by atoms with van der Waals surface area (Å²) in [6.07, 6.45) is 7.35. The first-order chi connectivity index (χ1) is 12.2. The summed E-state index contributed by atoms with van der Waals surface area (Å²) in [5.74, 6) is 2.41. The highest BCUT2D eigenvalue weighted by molar-refractivity contribution is 5.52. The number of aromatic nitrogens is 3. The highest BCUT2D eigenvalue weighted by atomic mass is 15.3. The third-order valence-electron chi connectivity index (χ3n) is 5.65. The number of fused-ring (bicyclic) bond motifs is 1. The fraction of sp³-hybridized carbons (Fsp3) is 0.600. The number of hydrogen-bond donors (Lipinski definition) is 0. The normalized spacial score (nSPS) is 21.1. The van der Waals surface area contributed by atoms with E-state index >= 15 is 0 Å². The van der Waals surface area contributed by atoms with Gasteiger partial charge in [-0.2, -0.15) is 0 Å². The fourth-order valence-electron chi connectivity index (χ4n) is 4.36. The number of likely N-dealkylation sites (tertiary alicyclic amines) is 1. The van der Waals surface area contributed by atoms with Crippen LogP contribution in [0.4, 0.5) is 5.69 Å². The Morgan fingerprint density at radius 2 is 1.92 bits per heavy atom. The van der Waals surface area contributed by atoms with E-state index in [2.05, 4.69) is 62.9 Å². The van der Waals surface area contributed by atoms with Crippen LogP contribution in [0, 0.1) is 0 Å². The predicted molar refractivity (Wildman–Crippen MR) is 101 cm³/mol. The molecule has 25 heavy (non-hydrogen) atoms. The fourth-order valence-corrected chi connectivity index (χ4v) is 4.36. The topological polar surface area (TPSA) is 37.2 Å². The Kier molecular flexibility index (Phi) is 4.75. The zero-order valence-electron chi connectivity index (χ0n) is 15.5. The van der Waals surface area contributed by atoms with Crippen molar-refractivity contribution in [3.8, 4) is 0 Å². The SMILES string of the molecule is CN(C)c1ccccc1CN1CCC[C@@H]1c1nnc2n1CCCCC2. The smallest absolute Gasteiger partial charge is 0.150 e. The van der Waals surface area contributed by atoms with Gasteiger partial charge >= 0.3 is 0 Å². The summed E-state index contributed by atoms with van der Waals surface area (Å²) < 4.78 is 2.42. The molecule has 1 saturated heterocycles. The molecule has 1 fully saturated rings. The van der Waals surface area contributed by atoms with Gasteiger partial charge in [-0.3, -0.25) is 4.90 Å². The second kappa shape index (κ2) is 7.16. The molecule has 2 aliphatic heterocycles. The molecule has 3 heterocycles. The third-order valence-corrected chi connectivity index (χ3v) is 5.65. The lowest BCUT2D eigenvalue weighted by atomic mass is 10.1. The first-order valence-electron chi connectivity index (χ1n) is 9.65. The molecule has 0 aliphatic carbocycles. The van der Waals surface area contributed by atoms with Crippen LogP contribution in [0.3, 0.4) is 0 Å². The largest absolute Gasteiger partial charge is 0.377 e. The quantitative estimate of drug-likeness (QED) is 0.855. The van der Waals surface area contributed by atoms with Crippen LogP contribution in [0.2, 0.25) is 0 Å².